The zero-order valence-electron chi connectivity index (χ0n) is 11.1. The van der Waals surface area contributed by atoms with Crippen LogP contribution in [0, 0.1) is 6.92 Å². The van der Waals surface area contributed by atoms with Crippen molar-refractivity contribution in [2.45, 2.75) is 13.0 Å². The summed E-state index contributed by atoms with van der Waals surface area (Å²) in [6.07, 6.45) is 2.04. The number of ether oxygens (including phenoxy) is 1. The molecule has 1 nitrogen and oxygen atoms in total. The van der Waals surface area contributed by atoms with E-state index in [0.29, 0.717) is 0 Å². The maximum atomic E-state index is 5.55. The molecule has 0 aromatic heterocycles. The number of hydrogen-bond acceptors (Lipinski definition) is 1. The molecule has 0 aliphatic carbocycles. The zero-order chi connectivity index (χ0) is 13.7. The lowest BCUT2D eigenvalue weighted by Gasteiger charge is -2.12. The Balaban J connectivity index is 2.28. The van der Waals surface area contributed by atoms with Gasteiger partial charge in [0.15, 0.2) is 0 Å². The predicted octanol–water partition coefficient (Wildman–Crippen LogP) is 5.12. The highest BCUT2D eigenvalue weighted by Crippen LogP contribution is 2.28. The number of rotatable bonds is 4. The number of methoxy groups -OCH3 is 1. The molecule has 0 saturated heterocycles. The summed E-state index contributed by atoms with van der Waals surface area (Å²) < 4.78 is 6.60. The van der Waals surface area contributed by atoms with Gasteiger partial charge in [0.05, 0.1) is 0 Å². The summed E-state index contributed by atoms with van der Waals surface area (Å²) in [6, 6.07) is 18.6. The summed E-state index contributed by atoms with van der Waals surface area (Å²) in [6.45, 7) is 2.09. The van der Waals surface area contributed by atoms with Gasteiger partial charge in [0.2, 0.25) is 0 Å². The van der Waals surface area contributed by atoms with Gasteiger partial charge in [-0.05, 0) is 24.1 Å². The molecule has 0 N–H and O–H groups in total. The first-order valence-corrected chi connectivity index (χ1v) is 7.02. The summed E-state index contributed by atoms with van der Waals surface area (Å²) in [5, 5.41) is 0. The number of benzene rings is 2. The van der Waals surface area contributed by atoms with Crippen LogP contribution in [0.5, 0.6) is 0 Å². The first-order chi connectivity index (χ1) is 9.20. The van der Waals surface area contributed by atoms with Crippen LogP contribution in [0.1, 0.15) is 22.8 Å². The second-order valence-corrected chi connectivity index (χ2v) is 5.31. The molecule has 0 amide bonds. The lowest BCUT2D eigenvalue weighted by atomic mass is 10.1. The lowest BCUT2D eigenvalue weighted by Crippen LogP contribution is -1.98. The third-order valence-corrected chi connectivity index (χ3v) is 3.70. The molecule has 0 aliphatic rings. The van der Waals surface area contributed by atoms with Crippen molar-refractivity contribution in [3.63, 3.8) is 0 Å². The Morgan fingerprint density at radius 1 is 1.11 bits per heavy atom. The Labute approximate surface area is 123 Å². The van der Waals surface area contributed by atoms with Crippen LogP contribution >= 0.6 is 15.9 Å². The van der Waals surface area contributed by atoms with E-state index < -0.39 is 0 Å². The summed E-state index contributed by atoms with van der Waals surface area (Å²) in [5.74, 6) is 0. The topological polar surface area (TPSA) is 9.23 Å². The summed E-state index contributed by atoms with van der Waals surface area (Å²) in [7, 11) is 1.73. The molecule has 0 saturated carbocycles. The second kappa shape index (κ2) is 6.69. The van der Waals surface area contributed by atoms with E-state index in [2.05, 4.69) is 65.3 Å². The van der Waals surface area contributed by atoms with Crippen molar-refractivity contribution < 1.29 is 4.74 Å². The van der Waals surface area contributed by atoms with Crippen molar-refractivity contribution in [2.75, 3.05) is 7.11 Å². The van der Waals surface area contributed by atoms with Crippen LogP contribution in [0.15, 0.2) is 60.7 Å². The van der Waals surface area contributed by atoms with Gasteiger partial charge < -0.3 is 4.74 Å². The molecular formula is C17H17BrO. The highest BCUT2D eigenvalue weighted by molar-refractivity contribution is 9.15. The van der Waals surface area contributed by atoms with E-state index in [1.165, 1.54) is 5.56 Å². The molecule has 0 fully saturated rings. The van der Waals surface area contributed by atoms with E-state index in [4.69, 9.17) is 4.74 Å². The van der Waals surface area contributed by atoms with Gasteiger partial charge in [0, 0.05) is 11.6 Å². The molecule has 0 heterocycles. The third-order valence-electron chi connectivity index (χ3n) is 2.97. The molecule has 0 bridgehead atoms. The fourth-order valence-electron chi connectivity index (χ4n) is 1.97. The first kappa shape index (κ1) is 14.0. The number of aryl methyl sites for hydroxylation is 1. The minimum absolute atomic E-state index is 0.0453. The molecule has 19 heavy (non-hydrogen) atoms. The van der Waals surface area contributed by atoms with E-state index in [-0.39, 0.29) is 6.10 Å². The molecule has 2 aromatic rings. The Morgan fingerprint density at radius 3 is 2.47 bits per heavy atom. The Bertz CT molecular complexity index is 560. The second-order valence-electron chi connectivity index (χ2n) is 4.45. The average molecular weight is 317 g/mol. The zero-order valence-corrected chi connectivity index (χ0v) is 12.7. The SMILES string of the molecule is COC(/C=C(/Br)c1cccc(C)c1)c1ccccc1. The Hall–Kier alpha value is -1.38. The minimum atomic E-state index is -0.0453. The molecule has 2 aromatic carbocycles. The van der Waals surface area contributed by atoms with E-state index >= 15 is 0 Å². The van der Waals surface area contributed by atoms with Crippen molar-refractivity contribution in [1.82, 2.24) is 0 Å². The minimum Gasteiger partial charge on any atom is -0.373 e. The van der Waals surface area contributed by atoms with E-state index in [1.54, 1.807) is 7.11 Å². The van der Waals surface area contributed by atoms with Crippen molar-refractivity contribution in [1.29, 1.82) is 0 Å². The van der Waals surface area contributed by atoms with Gasteiger partial charge >= 0.3 is 0 Å². The van der Waals surface area contributed by atoms with Crippen molar-refractivity contribution in [2.24, 2.45) is 0 Å². The van der Waals surface area contributed by atoms with E-state index in [1.807, 2.05) is 18.2 Å². The standard InChI is InChI=1S/C17H17BrO/c1-13-7-6-10-15(11-13)16(18)12-17(19-2)14-8-4-3-5-9-14/h3-12,17H,1-2H3/b16-12+. The van der Waals surface area contributed by atoms with E-state index in [9.17, 15) is 0 Å². The number of hydrogen-bond donors (Lipinski definition) is 0. The van der Waals surface area contributed by atoms with Gasteiger partial charge in [-0.2, -0.15) is 0 Å². The van der Waals surface area contributed by atoms with Gasteiger partial charge in [-0.1, -0.05) is 76.1 Å². The predicted molar refractivity (Wildman–Crippen MR) is 84.3 cm³/mol. The highest BCUT2D eigenvalue weighted by atomic mass is 79.9. The first-order valence-electron chi connectivity index (χ1n) is 6.23. The molecule has 2 rings (SSSR count). The summed E-state index contributed by atoms with van der Waals surface area (Å²) in [5.41, 5.74) is 3.56. The van der Waals surface area contributed by atoms with Crippen LogP contribution in [-0.4, -0.2) is 7.11 Å². The quantitative estimate of drug-likeness (QED) is 0.760. The van der Waals surface area contributed by atoms with E-state index in [0.717, 1.165) is 15.6 Å². The number of halogens is 1. The molecule has 1 atom stereocenters. The van der Waals surface area contributed by atoms with Crippen LogP contribution in [-0.2, 0) is 4.74 Å². The summed E-state index contributed by atoms with van der Waals surface area (Å²) >= 11 is 3.64. The van der Waals surface area contributed by atoms with Crippen molar-refractivity contribution >= 4 is 20.4 Å². The van der Waals surface area contributed by atoms with Gasteiger partial charge in [-0.3, -0.25) is 0 Å². The fraction of sp³-hybridized carbons (Fsp3) is 0.176. The lowest BCUT2D eigenvalue weighted by molar-refractivity contribution is 0.143. The van der Waals surface area contributed by atoms with Crippen LogP contribution in [0.4, 0.5) is 0 Å². The van der Waals surface area contributed by atoms with Crippen LogP contribution < -0.4 is 0 Å². The maximum absolute atomic E-state index is 5.55. The van der Waals surface area contributed by atoms with Gasteiger partial charge in [0.1, 0.15) is 6.10 Å². The largest absolute Gasteiger partial charge is 0.373 e. The average Bonchev–Trinajstić information content (AvgIpc) is 2.45. The van der Waals surface area contributed by atoms with Crippen LogP contribution in [0.25, 0.3) is 4.48 Å². The fourth-order valence-corrected chi connectivity index (χ4v) is 2.45. The molecular weight excluding hydrogens is 300 g/mol. The summed E-state index contributed by atoms with van der Waals surface area (Å²) in [4.78, 5) is 0. The van der Waals surface area contributed by atoms with Gasteiger partial charge in [0.25, 0.3) is 0 Å². The molecule has 0 radical (unpaired) electrons. The molecule has 0 spiro atoms. The van der Waals surface area contributed by atoms with Crippen molar-refractivity contribution in [3.05, 3.63) is 77.4 Å². The van der Waals surface area contributed by atoms with Gasteiger partial charge in [-0.15, -0.1) is 0 Å². The molecule has 98 valence electrons. The van der Waals surface area contributed by atoms with Gasteiger partial charge in [-0.25, -0.2) is 0 Å². The van der Waals surface area contributed by atoms with Crippen molar-refractivity contribution in [3.8, 4) is 0 Å². The third kappa shape index (κ3) is 3.79. The Morgan fingerprint density at radius 2 is 1.84 bits per heavy atom. The molecule has 2 heteroatoms. The van der Waals surface area contributed by atoms with Crippen LogP contribution in [0.3, 0.4) is 0 Å². The maximum Gasteiger partial charge on any atom is 0.102 e. The molecule has 0 aliphatic heterocycles. The molecule has 1 unspecified atom stereocenters. The Kier molecular flexibility index (Phi) is 4.94. The highest BCUT2D eigenvalue weighted by Gasteiger charge is 2.08. The smallest absolute Gasteiger partial charge is 0.102 e. The monoisotopic (exact) mass is 316 g/mol. The normalized spacial score (nSPS) is 13.3. The van der Waals surface area contributed by atoms with Crippen LogP contribution in [0.2, 0.25) is 0 Å².